The van der Waals surface area contributed by atoms with E-state index in [1.807, 2.05) is 21.1 Å². The van der Waals surface area contributed by atoms with Gasteiger partial charge in [0.05, 0.1) is 5.41 Å². The van der Waals surface area contributed by atoms with Crippen molar-refractivity contribution in [3.63, 3.8) is 0 Å². The second kappa shape index (κ2) is 10.6. The van der Waals surface area contributed by atoms with Crippen LogP contribution in [0.15, 0.2) is 4.99 Å². The maximum absolute atomic E-state index is 12.6. The fourth-order valence-electron chi connectivity index (χ4n) is 4.24. The molecule has 0 saturated heterocycles. The first-order valence-electron chi connectivity index (χ1n) is 9.63. The van der Waals surface area contributed by atoms with E-state index >= 15 is 0 Å². The van der Waals surface area contributed by atoms with E-state index in [4.69, 9.17) is 0 Å². The summed E-state index contributed by atoms with van der Waals surface area (Å²) in [5.74, 6) is 2.73. The van der Waals surface area contributed by atoms with Crippen molar-refractivity contribution in [2.24, 2.45) is 22.2 Å². The summed E-state index contributed by atoms with van der Waals surface area (Å²) in [7, 11) is 5.53. The minimum atomic E-state index is -0.249. The largest absolute Gasteiger partial charge is 0.356 e. The smallest absolute Gasteiger partial charge is 0.230 e. The molecule has 2 rings (SSSR count). The van der Waals surface area contributed by atoms with Gasteiger partial charge >= 0.3 is 0 Å². The first kappa shape index (κ1) is 22.5. The third-order valence-corrected chi connectivity index (χ3v) is 5.93. The molecule has 0 atom stereocenters. The van der Waals surface area contributed by atoms with Gasteiger partial charge in [0.1, 0.15) is 0 Å². The number of halogens is 1. The average Bonchev–Trinajstić information content (AvgIpc) is 3.06. The Bertz CT molecular complexity index is 439. The maximum atomic E-state index is 12.6. The van der Waals surface area contributed by atoms with Gasteiger partial charge in [-0.3, -0.25) is 9.79 Å². The van der Waals surface area contributed by atoms with Crippen molar-refractivity contribution in [3.8, 4) is 0 Å². The molecular formula is C19H37IN4O. The van der Waals surface area contributed by atoms with Crippen LogP contribution in [0.25, 0.3) is 0 Å². The van der Waals surface area contributed by atoms with Crippen molar-refractivity contribution in [3.05, 3.63) is 0 Å². The van der Waals surface area contributed by atoms with E-state index in [0.717, 1.165) is 50.0 Å². The molecule has 0 heterocycles. The molecule has 1 amide bonds. The molecular weight excluding hydrogens is 427 g/mol. The summed E-state index contributed by atoms with van der Waals surface area (Å²) < 4.78 is 0. The first-order valence-corrected chi connectivity index (χ1v) is 9.63. The third-order valence-electron chi connectivity index (χ3n) is 5.93. The van der Waals surface area contributed by atoms with Crippen LogP contribution in [-0.2, 0) is 4.79 Å². The van der Waals surface area contributed by atoms with Crippen molar-refractivity contribution in [2.75, 3.05) is 34.2 Å². The van der Waals surface area contributed by atoms with Gasteiger partial charge in [0.2, 0.25) is 5.91 Å². The van der Waals surface area contributed by atoms with Crippen LogP contribution in [0.5, 0.6) is 0 Å². The molecule has 0 aromatic carbocycles. The molecule has 6 heteroatoms. The van der Waals surface area contributed by atoms with Crippen molar-refractivity contribution >= 4 is 35.8 Å². The van der Waals surface area contributed by atoms with Crippen LogP contribution in [0.2, 0.25) is 0 Å². The van der Waals surface area contributed by atoms with Gasteiger partial charge in [-0.05, 0) is 37.5 Å². The number of carbonyl (C=O) groups is 1. The maximum Gasteiger partial charge on any atom is 0.230 e. The number of aliphatic imine (C=N–C) groups is 1. The van der Waals surface area contributed by atoms with E-state index in [9.17, 15) is 4.79 Å². The third kappa shape index (κ3) is 6.29. The number of hydrogen-bond acceptors (Lipinski definition) is 2. The number of hydrogen-bond donors (Lipinski definition) is 2. The highest BCUT2D eigenvalue weighted by Crippen LogP contribution is 2.38. The summed E-state index contributed by atoms with van der Waals surface area (Å²) in [5, 5.41) is 6.90. The molecule has 0 spiro atoms. The summed E-state index contributed by atoms with van der Waals surface area (Å²) in [6, 6.07) is 0. The number of amides is 1. The van der Waals surface area contributed by atoms with Gasteiger partial charge in [0.25, 0.3) is 0 Å². The Labute approximate surface area is 170 Å². The molecule has 0 bridgehead atoms. The molecule has 2 aliphatic carbocycles. The molecule has 2 N–H and O–H groups in total. The van der Waals surface area contributed by atoms with Crippen LogP contribution in [0.1, 0.15) is 58.3 Å². The second-order valence-electron chi connectivity index (χ2n) is 8.12. The summed E-state index contributed by atoms with van der Waals surface area (Å²) in [4.78, 5) is 18.7. The molecule has 0 radical (unpaired) electrons. The summed E-state index contributed by atoms with van der Waals surface area (Å²) in [6.45, 7) is 4.03. The molecule has 0 unspecified atom stereocenters. The van der Waals surface area contributed by atoms with Crippen molar-refractivity contribution in [2.45, 2.75) is 58.3 Å². The summed E-state index contributed by atoms with van der Waals surface area (Å²) in [6.07, 6.45) is 9.57. The average molecular weight is 464 g/mol. The van der Waals surface area contributed by atoms with E-state index in [-0.39, 0.29) is 35.3 Å². The lowest BCUT2D eigenvalue weighted by atomic mass is 9.83. The monoisotopic (exact) mass is 464 g/mol. The number of nitrogens with one attached hydrogen (secondary N) is 2. The van der Waals surface area contributed by atoms with Crippen LogP contribution in [0, 0.1) is 17.3 Å². The second-order valence-corrected chi connectivity index (χ2v) is 8.12. The molecule has 2 fully saturated rings. The molecule has 2 aliphatic rings. The van der Waals surface area contributed by atoms with Crippen LogP contribution in [0.3, 0.4) is 0 Å². The van der Waals surface area contributed by atoms with Crippen LogP contribution in [0.4, 0.5) is 0 Å². The zero-order valence-electron chi connectivity index (χ0n) is 16.4. The predicted octanol–water partition coefficient (Wildman–Crippen LogP) is 3.24. The number of carbonyl (C=O) groups excluding carboxylic acids is 1. The Kier molecular flexibility index (Phi) is 9.52. The Morgan fingerprint density at radius 2 is 1.72 bits per heavy atom. The number of rotatable bonds is 5. The van der Waals surface area contributed by atoms with Crippen molar-refractivity contribution < 1.29 is 4.79 Å². The van der Waals surface area contributed by atoms with E-state index in [1.165, 1.54) is 25.7 Å². The van der Waals surface area contributed by atoms with Crippen molar-refractivity contribution in [1.29, 1.82) is 0 Å². The molecule has 0 aromatic rings. The zero-order chi connectivity index (χ0) is 17.6. The zero-order valence-corrected chi connectivity index (χ0v) is 18.8. The normalized spacial score (nSPS) is 25.8. The van der Waals surface area contributed by atoms with Crippen LogP contribution >= 0.6 is 24.0 Å². The Morgan fingerprint density at radius 3 is 2.24 bits per heavy atom. The molecule has 2 saturated carbocycles. The minimum absolute atomic E-state index is 0. The van der Waals surface area contributed by atoms with Crippen LogP contribution in [-0.4, -0.2) is 51.0 Å². The minimum Gasteiger partial charge on any atom is -0.356 e. The van der Waals surface area contributed by atoms with E-state index in [2.05, 4.69) is 22.5 Å². The topological polar surface area (TPSA) is 56.7 Å². The Balaban J connectivity index is 0.00000312. The fraction of sp³-hybridized carbons (Fsp3) is 0.895. The Hall–Kier alpha value is -0.530. The van der Waals surface area contributed by atoms with Gasteiger partial charge in [-0.15, -0.1) is 24.0 Å². The molecule has 0 aromatic heterocycles. The van der Waals surface area contributed by atoms with Gasteiger partial charge in [-0.2, -0.15) is 0 Å². The van der Waals surface area contributed by atoms with Gasteiger partial charge in [-0.25, -0.2) is 0 Å². The van der Waals surface area contributed by atoms with Gasteiger partial charge in [-0.1, -0.05) is 32.6 Å². The van der Waals surface area contributed by atoms with Gasteiger partial charge in [0, 0.05) is 34.2 Å². The molecule has 0 aliphatic heterocycles. The summed E-state index contributed by atoms with van der Waals surface area (Å²) >= 11 is 0. The lowest BCUT2D eigenvalue weighted by molar-refractivity contribution is -0.138. The Morgan fingerprint density at radius 1 is 1.12 bits per heavy atom. The summed E-state index contributed by atoms with van der Waals surface area (Å²) in [5.41, 5.74) is -0.249. The lowest BCUT2D eigenvalue weighted by Crippen LogP contribution is -2.49. The van der Waals surface area contributed by atoms with E-state index in [0.29, 0.717) is 6.54 Å². The van der Waals surface area contributed by atoms with Gasteiger partial charge in [0.15, 0.2) is 5.96 Å². The molecule has 25 heavy (non-hydrogen) atoms. The van der Waals surface area contributed by atoms with E-state index < -0.39 is 0 Å². The first-order chi connectivity index (χ1) is 11.5. The van der Waals surface area contributed by atoms with Gasteiger partial charge < -0.3 is 15.5 Å². The standard InChI is InChI=1S/C19H36N4O.HI/c1-15-7-9-16(10-8-15)13-21-18(20-2)22-14-19(11-5-6-12-19)17(24)23(3)4;/h15-16H,5-14H2,1-4H3,(H2,20,21,22);1H. The molecule has 146 valence electrons. The quantitative estimate of drug-likeness (QED) is 0.373. The van der Waals surface area contributed by atoms with Crippen molar-refractivity contribution in [1.82, 2.24) is 15.5 Å². The lowest BCUT2D eigenvalue weighted by Gasteiger charge is -2.32. The SMILES string of the molecule is CN=C(NCC1CCC(C)CC1)NCC1(C(=O)N(C)C)CCCC1.I. The highest BCUT2D eigenvalue weighted by atomic mass is 127. The highest BCUT2D eigenvalue weighted by Gasteiger charge is 2.42. The molecule has 5 nitrogen and oxygen atoms in total. The number of guanidine groups is 1. The predicted molar refractivity (Wildman–Crippen MR) is 115 cm³/mol. The number of nitrogens with zero attached hydrogens (tertiary/aromatic N) is 2. The highest BCUT2D eigenvalue weighted by molar-refractivity contribution is 14.0. The van der Waals surface area contributed by atoms with Crippen LogP contribution < -0.4 is 10.6 Å². The fourth-order valence-corrected chi connectivity index (χ4v) is 4.24. The van der Waals surface area contributed by atoms with E-state index in [1.54, 1.807) is 4.90 Å².